The lowest BCUT2D eigenvalue weighted by Crippen LogP contribution is -2.24. The maximum absolute atomic E-state index is 13.4. The molecular weight excluding hydrogens is 387 g/mol. The van der Waals surface area contributed by atoms with Gasteiger partial charge in [0.2, 0.25) is 0 Å². The summed E-state index contributed by atoms with van der Waals surface area (Å²) < 4.78 is 20.2. The summed E-state index contributed by atoms with van der Waals surface area (Å²) in [6, 6.07) is 13.2. The van der Waals surface area contributed by atoms with E-state index >= 15 is 0 Å². The first-order valence-corrected chi connectivity index (χ1v) is 9.33. The van der Waals surface area contributed by atoms with Crippen LogP contribution in [0.2, 0.25) is 0 Å². The molecule has 0 unspecified atom stereocenters. The number of carbonyl (C=O) groups is 2. The quantitative estimate of drug-likeness (QED) is 0.515. The molecule has 152 valence electrons. The van der Waals surface area contributed by atoms with Gasteiger partial charge in [0.05, 0.1) is 12.8 Å². The van der Waals surface area contributed by atoms with Crippen LogP contribution in [0, 0.1) is 12.7 Å². The highest BCUT2D eigenvalue weighted by Gasteiger charge is 2.16. The number of aromatic nitrogens is 2. The molecule has 3 heterocycles. The monoisotopic (exact) mass is 406 g/mol. The van der Waals surface area contributed by atoms with E-state index < -0.39 is 0 Å². The number of fused-ring (bicyclic) bond motifs is 1. The molecule has 0 saturated carbocycles. The summed E-state index contributed by atoms with van der Waals surface area (Å²) in [6.07, 6.45) is 3.05. The molecule has 30 heavy (non-hydrogen) atoms. The summed E-state index contributed by atoms with van der Waals surface area (Å²) in [7, 11) is 0. The first kappa shape index (κ1) is 19.4. The summed E-state index contributed by atoms with van der Waals surface area (Å²) in [6.45, 7) is 2.16. The molecule has 0 fully saturated rings. The molecule has 0 spiro atoms. The number of rotatable bonds is 6. The number of aryl methyl sites for hydroxylation is 1. The third-order valence-corrected chi connectivity index (χ3v) is 4.64. The second kappa shape index (κ2) is 8.20. The van der Waals surface area contributed by atoms with Gasteiger partial charge in [0.25, 0.3) is 11.8 Å². The Balaban J connectivity index is 1.48. The highest BCUT2D eigenvalue weighted by atomic mass is 19.1. The zero-order chi connectivity index (χ0) is 21.1. The molecule has 0 bridgehead atoms. The van der Waals surface area contributed by atoms with E-state index in [2.05, 4.69) is 15.6 Å². The number of halogens is 1. The second-order valence-corrected chi connectivity index (χ2v) is 6.79. The minimum atomic E-state index is -0.386. The minimum Gasteiger partial charge on any atom is -0.467 e. The number of pyridine rings is 1. The van der Waals surface area contributed by atoms with E-state index in [-0.39, 0.29) is 36.4 Å². The normalized spacial score (nSPS) is 10.9. The Kier molecular flexibility index (Phi) is 5.30. The topological polar surface area (TPSA) is 88.6 Å². The molecule has 2 N–H and O–H groups in total. The van der Waals surface area contributed by atoms with Crippen LogP contribution in [-0.4, -0.2) is 21.2 Å². The van der Waals surface area contributed by atoms with Gasteiger partial charge in [-0.3, -0.25) is 14.0 Å². The Morgan fingerprint density at radius 3 is 2.67 bits per heavy atom. The van der Waals surface area contributed by atoms with Gasteiger partial charge in [-0.25, -0.2) is 9.37 Å². The number of nitrogens with zero attached hydrogens (tertiary/aromatic N) is 2. The Labute approximate surface area is 171 Å². The molecular formula is C22H19FN4O3. The summed E-state index contributed by atoms with van der Waals surface area (Å²) in [4.78, 5) is 29.4. The fourth-order valence-corrected chi connectivity index (χ4v) is 3.07. The van der Waals surface area contributed by atoms with Crippen molar-refractivity contribution in [2.45, 2.75) is 20.0 Å². The van der Waals surface area contributed by atoms with Gasteiger partial charge in [0, 0.05) is 12.7 Å². The van der Waals surface area contributed by atoms with Crippen molar-refractivity contribution in [2.24, 2.45) is 0 Å². The highest BCUT2D eigenvalue weighted by Crippen LogP contribution is 2.12. The van der Waals surface area contributed by atoms with Crippen molar-refractivity contribution in [2.75, 3.05) is 0 Å². The van der Waals surface area contributed by atoms with E-state index in [0.29, 0.717) is 22.7 Å². The van der Waals surface area contributed by atoms with Crippen molar-refractivity contribution < 1.29 is 18.4 Å². The molecule has 8 heteroatoms. The predicted octanol–water partition coefficient (Wildman–Crippen LogP) is 3.23. The van der Waals surface area contributed by atoms with Crippen LogP contribution in [0.1, 0.15) is 37.9 Å². The first-order valence-electron chi connectivity index (χ1n) is 9.33. The van der Waals surface area contributed by atoms with Crippen molar-refractivity contribution >= 4 is 17.5 Å². The lowest BCUT2D eigenvalue weighted by Gasteiger charge is -2.06. The Morgan fingerprint density at radius 1 is 1.07 bits per heavy atom. The third kappa shape index (κ3) is 4.07. The van der Waals surface area contributed by atoms with Gasteiger partial charge >= 0.3 is 0 Å². The van der Waals surface area contributed by atoms with Crippen molar-refractivity contribution in [3.8, 4) is 0 Å². The van der Waals surface area contributed by atoms with Gasteiger partial charge in [0.15, 0.2) is 0 Å². The Bertz CT molecular complexity index is 1210. The Morgan fingerprint density at radius 2 is 1.90 bits per heavy atom. The molecule has 0 atom stereocenters. The number of furan rings is 1. The minimum absolute atomic E-state index is 0.181. The predicted molar refractivity (Wildman–Crippen MR) is 107 cm³/mol. The number of hydrogen-bond donors (Lipinski definition) is 2. The molecule has 3 aromatic heterocycles. The molecule has 0 aliphatic rings. The van der Waals surface area contributed by atoms with Crippen molar-refractivity contribution in [1.29, 1.82) is 0 Å². The zero-order valence-electron chi connectivity index (χ0n) is 16.2. The SMILES string of the molecule is Cc1cc(CNC(=O)c2cn3c(C(=O)NCc4ccco4)cccc3n2)ccc1F. The number of hydrogen-bond acceptors (Lipinski definition) is 4. The van der Waals surface area contributed by atoms with Gasteiger partial charge in [-0.05, 0) is 48.4 Å². The number of nitrogens with one attached hydrogen (secondary N) is 2. The molecule has 7 nitrogen and oxygen atoms in total. The lowest BCUT2D eigenvalue weighted by molar-refractivity contribution is 0.0933. The number of carbonyl (C=O) groups excluding carboxylic acids is 2. The lowest BCUT2D eigenvalue weighted by atomic mass is 10.1. The van der Waals surface area contributed by atoms with E-state index in [9.17, 15) is 14.0 Å². The standard InChI is InChI=1S/C22H19FN4O3/c1-14-10-15(7-8-17(14)23)11-24-21(28)18-13-27-19(5-2-6-20(27)26-18)22(29)25-12-16-4-3-9-30-16/h2-10,13H,11-12H2,1H3,(H,24,28)(H,25,29). The smallest absolute Gasteiger partial charge is 0.271 e. The van der Waals surface area contributed by atoms with E-state index in [0.717, 1.165) is 5.56 Å². The van der Waals surface area contributed by atoms with Crippen LogP contribution in [0.15, 0.2) is 65.4 Å². The molecule has 0 radical (unpaired) electrons. The van der Waals surface area contributed by atoms with Crippen LogP contribution in [0.3, 0.4) is 0 Å². The molecule has 4 rings (SSSR count). The number of imidazole rings is 1. The van der Waals surface area contributed by atoms with E-state index in [1.54, 1.807) is 53.8 Å². The molecule has 0 aliphatic carbocycles. The zero-order valence-corrected chi connectivity index (χ0v) is 16.2. The summed E-state index contributed by atoms with van der Waals surface area (Å²) in [5, 5.41) is 5.54. The molecule has 0 aliphatic heterocycles. The summed E-state index contributed by atoms with van der Waals surface area (Å²) in [5.41, 5.74) is 2.30. The van der Waals surface area contributed by atoms with Crippen molar-refractivity contribution in [1.82, 2.24) is 20.0 Å². The number of benzene rings is 1. The van der Waals surface area contributed by atoms with Crippen LogP contribution < -0.4 is 10.6 Å². The average Bonchev–Trinajstić information content (AvgIpc) is 3.42. The van der Waals surface area contributed by atoms with E-state index in [1.165, 1.54) is 18.5 Å². The molecule has 1 aromatic carbocycles. The van der Waals surface area contributed by atoms with Crippen LogP contribution >= 0.6 is 0 Å². The average molecular weight is 406 g/mol. The van der Waals surface area contributed by atoms with Gasteiger partial charge < -0.3 is 15.1 Å². The fraction of sp³-hybridized carbons (Fsp3) is 0.136. The molecule has 2 amide bonds. The van der Waals surface area contributed by atoms with Crippen LogP contribution in [0.5, 0.6) is 0 Å². The van der Waals surface area contributed by atoms with Crippen molar-refractivity contribution in [3.05, 3.63) is 95.1 Å². The van der Waals surface area contributed by atoms with Crippen molar-refractivity contribution in [3.63, 3.8) is 0 Å². The number of amides is 2. The largest absolute Gasteiger partial charge is 0.467 e. The van der Waals surface area contributed by atoms with Crippen LogP contribution in [-0.2, 0) is 13.1 Å². The van der Waals surface area contributed by atoms with Gasteiger partial charge in [-0.2, -0.15) is 0 Å². The maximum atomic E-state index is 13.4. The fourth-order valence-electron chi connectivity index (χ4n) is 3.07. The molecule has 4 aromatic rings. The van der Waals surface area contributed by atoms with Crippen LogP contribution in [0.25, 0.3) is 5.65 Å². The van der Waals surface area contributed by atoms with Gasteiger partial charge in [0.1, 0.15) is 28.6 Å². The van der Waals surface area contributed by atoms with Gasteiger partial charge in [-0.15, -0.1) is 0 Å². The van der Waals surface area contributed by atoms with E-state index in [4.69, 9.17) is 4.42 Å². The highest BCUT2D eigenvalue weighted by molar-refractivity contribution is 5.95. The summed E-state index contributed by atoms with van der Waals surface area (Å²) in [5.74, 6) is -0.355. The first-order chi connectivity index (χ1) is 14.5. The van der Waals surface area contributed by atoms with Gasteiger partial charge in [-0.1, -0.05) is 18.2 Å². The summed E-state index contributed by atoms with van der Waals surface area (Å²) >= 11 is 0. The molecule has 0 saturated heterocycles. The van der Waals surface area contributed by atoms with Crippen LogP contribution in [0.4, 0.5) is 4.39 Å². The Hall–Kier alpha value is -3.94. The van der Waals surface area contributed by atoms with E-state index in [1.807, 2.05) is 0 Å². The second-order valence-electron chi connectivity index (χ2n) is 6.79. The maximum Gasteiger partial charge on any atom is 0.271 e. The third-order valence-electron chi connectivity index (χ3n) is 4.64.